The fourth-order valence-electron chi connectivity index (χ4n) is 2.87. The third-order valence-electron chi connectivity index (χ3n) is 4.20. The maximum absolute atomic E-state index is 13.0. The molecule has 7 heteroatoms. The van der Waals surface area contributed by atoms with Crippen molar-refractivity contribution in [2.45, 2.75) is 30.2 Å². The molecule has 0 spiro atoms. The number of nitrogens with zero attached hydrogens (tertiary/aromatic N) is 1. The van der Waals surface area contributed by atoms with Crippen LogP contribution in [0.5, 0.6) is 0 Å². The molecule has 1 saturated carbocycles. The summed E-state index contributed by atoms with van der Waals surface area (Å²) in [4.78, 5) is 2.38. The van der Waals surface area contributed by atoms with Crippen LogP contribution in [0.2, 0.25) is 0 Å². The lowest BCUT2D eigenvalue weighted by atomic mass is 10.1. The molecule has 116 valence electrons. The Bertz CT molecular complexity index is 631. The smallest absolute Gasteiger partial charge is 0.242 e. The number of nitrogens with two attached hydrogens (primary N) is 1. The molecule has 3 N–H and O–H groups in total. The molecule has 3 rings (SSSR count). The fourth-order valence-corrected chi connectivity index (χ4v) is 4.10. The minimum Gasteiger partial charge on any atom is -0.398 e. The van der Waals surface area contributed by atoms with Crippen LogP contribution in [0, 0.1) is 11.7 Å². The van der Waals surface area contributed by atoms with E-state index in [0.717, 1.165) is 37.7 Å². The standard InChI is InChI=1S/C14H20FN3O2S/c15-11-1-4-14(13(16)7-11)21(19,20)17-8-10-5-6-18(9-10)12-2-3-12/h1,4,7,10,12,17H,2-3,5-6,8-9,16H2. The van der Waals surface area contributed by atoms with Gasteiger partial charge in [-0.25, -0.2) is 17.5 Å². The topological polar surface area (TPSA) is 75.4 Å². The van der Waals surface area contributed by atoms with Crippen LogP contribution >= 0.6 is 0 Å². The highest BCUT2D eigenvalue weighted by molar-refractivity contribution is 7.89. The van der Waals surface area contributed by atoms with Gasteiger partial charge in [0.05, 0.1) is 5.69 Å². The van der Waals surface area contributed by atoms with Gasteiger partial charge >= 0.3 is 0 Å². The van der Waals surface area contributed by atoms with Crippen molar-refractivity contribution in [1.82, 2.24) is 9.62 Å². The summed E-state index contributed by atoms with van der Waals surface area (Å²) < 4.78 is 40.0. The molecule has 1 unspecified atom stereocenters. The Morgan fingerprint density at radius 2 is 2.10 bits per heavy atom. The summed E-state index contributed by atoms with van der Waals surface area (Å²) in [6.45, 7) is 2.41. The summed E-state index contributed by atoms with van der Waals surface area (Å²) >= 11 is 0. The van der Waals surface area contributed by atoms with E-state index in [1.54, 1.807) is 0 Å². The van der Waals surface area contributed by atoms with Gasteiger partial charge in [-0.2, -0.15) is 0 Å². The third kappa shape index (κ3) is 3.36. The van der Waals surface area contributed by atoms with E-state index in [9.17, 15) is 12.8 Å². The highest BCUT2D eigenvalue weighted by Crippen LogP contribution is 2.31. The van der Waals surface area contributed by atoms with E-state index in [1.807, 2.05) is 0 Å². The number of halogens is 1. The van der Waals surface area contributed by atoms with Crippen LogP contribution in [0.25, 0.3) is 0 Å². The minimum atomic E-state index is -3.68. The molecular weight excluding hydrogens is 293 g/mol. The molecular formula is C14H20FN3O2S. The Balaban J connectivity index is 1.61. The average Bonchev–Trinajstić information content (AvgIpc) is 3.15. The highest BCUT2D eigenvalue weighted by Gasteiger charge is 2.34. The van der Waals surface area contributed by atoms with Gasteiger partial charge in [0, 0.05) is 19.1 Å². The second-order valence-electron chi connectivity index (χ2n) is 5.91. The second-order valence-corrected chi connectivity index (χ2v) is 7.65. The average molecular weight is 313 g/mol. The normalized spacial score (nSPS) is 23.6. The van der Waals surface area contributed by atoms with E-state index in [1.165, 1.54) is 18.9 Å². The van der Waals surface area contributed by atoms with Gasteiger partial charge in [-0.05, 0) is 49.9 Å². The second kappa shape index (κ2) is 5.55. The summed E-state index contributed by atoms with van der Waals surface area (Å²) in [7, 11) is -3.68. The molecule has 0 amide bonds. The molecule has 1 aromatic rings. The van der Waals surface area contributed by atoms with E-state index >= 15 is 0 Å². The maximum atomic E-state index is 13.0. The first-order valence-electron chi connectivity index (χ1n) is 7.24. The Morgan fingerprint density at radius 1 is 1.33 bits per heavy atom. The predicted molar refractivity (Wildman–Crippen MR) is 78.7 cm³/mol. The van der Waals surface area contributed by atoms with Gasteiger partial charge in [0.15, 0.2) is 0 Å². The van der Waals surface area contributed by atoms with Crippen molar-refractivity contribution in [2.24, 2.45) is 5.92 Å². The van der Waals surface area contributed by atoms with Gasteiger partial charge in [-0.3, -0.25) is 0 Å². The number of hydrogen-bond donors (Lipinski definition) is 2. The van der Waals surface area contributed by atoms with E-state index < -0.39 is 15.8 Å². The van der Waals surface area contributed by atoms with Crippen molar-refractivity contribution in [1.29, 1.82) is 0 Å². The predicted octanol–water partition coefficient (Wildman–Crippen LogP) is 1.17. The zero-order chi connectivity index (χ0) is 15.0. The van der Waals surface area contributed by atoms with Gasteiger partial charge in [0.2, 0.25) is 10.0 Å². The van der Waals surface area contributed by atoms with Crippen LogP contribution < -0.4 is 10.5 Å². The van der Waals surface area contributed by atoms with Crippen LogP contribution in [-0.4, -0.2) is 39.0 Å². The molecule has 0 bridgehead atoms. The molecule has 0 aromatic heterocycles. The van der Waals surface area contributed by atoms with Gasteiger partial charge in [0.25, 0.3) is 0 Å². The number of benzene rings is 1. The molecule has 1 heterocycles. The SMILES string of the molecule is Nc1cc(F)ccc1S(=O)(=O)NCC1CCN(C2CC2)C1. The Kier molecular flexibility index (Phi) is 3.90. The third-order valence-corrected chi connectivity index (χ3v) is 5.70. The molecule has 0 radical (unpaired) electrons. The van der Waals surface area contributed by atoms with E-state index in [0.29, 0.717) is 12.5 Å². The first-order valence-corrected chi connectivity index (χ1v) is 8.73. The van der Waals surface area contributed by atoms with Crippen molar-refractivity contribution >= 4 is 15.7 Å². The number of likely N-dealkylation sites (tertiary alicyclic amines) is 1. The zero-order valence-corrected chi connectivity index (χ0v) is 12.6. The molecule has 5 nitrogen and oxygen atoms in total. The lowest BCUT2D eigenvalue weighted by molar-refractivity contribution is 0.314. The zero-order valence-electron chi connectivity index (χ0n) is 11.8. The maximum Gasteiger partial charge on any atom is 0.242 e. The number of anilines is 1. The summed E-state index contributed by atoms with van der Waals surface area (Å²) in [6.07, 6.45) is 3.55. The van der Waals surface area contributed by atoms with Gasteiger partial charge in [0.1, 0.15) is 10.7 Å². The van der Waals surface area contributed by atoms with Crippen LogP contribution in [-0.2, 0) is 10.0 Å². The molecule has 2 fully saturated rings. The van der Waals surface area contributed by atoms with E-state index in [-0.39, 0.29) is 10.6 Å². The van der Waals surface area contributed by atoms with Crippen molar-refractivity contribution in [3.63, 3.8) is 0 Å². The lowest BCUT2D eigenvalue weighted by Crippen LogP contribution is -2.32. The van der Waals surface area contributed by atoms with Crippen molar-refractivity contribution < 1.29 is 12.8 Å². The number of nitrogens with one attached hydrogen (secondary N) is 1. The molecule has 1 saturated heterocycles. The van der Waals surface area contributed by atoms with Crippen molar-refractivity contribution in [3.8, 4) is 0 Å². The summed E-state index contributed by atoms with van der Waals surface area (Å²) in [6, 6.07) is 4.06. The number of nitrogen functional groups attached to an aromatic ring is 1. The Hall–Kier alpha value is -1.18. The number of rotatable bonds is 5. The summed E-state index contributed by atoms with van der Waals surface area (Å²) in [5.41, 5.74) is 5.53. The van der Waals surface area contributed by atoms with Gasteiger partial charge in [-0.1, -0.05) is 0 Å². The first kappa shape index (κ1) is 14.7. The quantitative estimate of drug-likeness (QED) is 0.800. The van der Waals surface area contributed by atoms with E-state index in [4.69, 9.17) is 5.73 Å². The Morgan fingerprint density at radius 3 is 2.76 bits per heavy atom. The van der Waals surface area contributed by atoms with Crippen molar-refractivity contribution in [2.75, 3.05) is 25.4 Å². The summed E-state index contributed by atoms with van der Waals surface area (Å²) in [5.74, 6) is -0.204. The first-order chi connectivity index (χ1) is 9.95. The largest absolute Gasteiger partial charge is 0.398 e. The summed E-state index contributed by atoms with van der Waals surface area (Å²) in [5, 5.41) is 0. The molecule has 2 aliphatic rings. The van der Waals surface area contributed by atoms with Crippen LogP contribution in [0.1, 0.15) is 19.3 Å². The number of hydrogen-bond acceptors (Lipinski definition) is 4. The monoisotopic (exact) mass is 313 g/mol. The highest BCUT2D eigenvalue weighted by atomic mass is 32.2. The Labute approximate surface area is 124 Å². The van der Waals surface area contributed by atoms with Crippen LogP contribution in [0.15, 0.2) is 23.1 Å². The molecule has 1 aliphatic heterocycles. The van der Waals surface area contributed by atoms with Crippen LogP contribution in [0.4, 0.5) is 10.1 Å². The minimum absolute atomic E-state index is 0.0547. The fraction of sp³-hybridized carbons (Fsp3) is 0.571. The molecule has 1 aliphatic carbocycles. The van der Waals surface area contributed by atoms with Gasteiger partial charge < -0.3 is 10.6 Å². The van der Waals surface area contributed by atoms with Gasteiger partial charge in [-0.15, -0.1) is 0 Å². The van der Waals surface area contributed by atoms with Crippen molar-refractivity contribution in [3.05, 3.63) is 24.0 Å². The molecule has 21 heavy (non-hydrogen) atoms. The number of sulfonamides is 1. The van der Waals surface area contributed by atoms with Crippen LogP contribution in [0.3, 0.4) is 0 Å². The van der Waals surface area contributed by atoms with E-state index in [2.05, 4.69) is 9.62 Å². The molecule has 1 aromatic carbocycles. The molecule has 1 atom stereocenters. The lowest BCUT2D eigenvalue weighted by Gasteiger charge is -2.15.